The maximum Gasteiger partial charge on any atom is 0.339 e. The van der Waals surface area contributed by atoms with Crippen molar-refractivity contribution in [2.75, 3.05) is 12.4 Å². The van der Waals surface area contributed by atoms with Gasteiger partial charge in [0.2, 0.25) is 0 Å². The number of aromatic nitrogens is 2. The Bertz CT molecular complexity index is 642. The average Bonchev–Trinajstić information content (AvgIpc) is 2.85. The van der Waals surface area contributed by atoms with E-state index in [4.69, 9.17) is 0 Å². The van der Waals surface area contributed by atoms with Crippen LogP contribution in [0.4, 0.5) is 14.5 Å². The van der Waals surface area contributed by atoms with E-state index in [9.17, 15) is 13.6 Å². The van der Waals surface area contributed by atoms with Crippen LogP contribution in [-0.4, -0.2) is 33.9 Å². The lowest BCUT2D eigenvalue weighted by atomic mass is 10.2. The highest BCUT2D eigenvalue weighted by atomic mass is 32.1. The Morgan fingerprint density at radius 2 is 2.32 bits per heavy atom. The summed E-state index contributed by atoms with van der Waals surface area (Å²) < 4.78 is 31.0. The van der Waals surface area contributed by atoms with Gasteiger partial charge in [-0.3, -0.25) is 0 Å². The van der Waals surface area contributed by atoms with Gasteiger partial charge >= 0.3 is 5.97 Å². The van der Waals surface area contributed by atoms with Crippen molar-refractivity contribution in [3.05, 3.63) is 30.2 Å². The molecule has 2 aromatic rings. The fourth-order valence-corrected chi connectivity index (χ4v) is 1.65. The first-order chi connectivity index (χ1) is 9.02. The molecule has 0 unspecified atom stereocenters. The second kappa shape index (κ2) is 5.27. The van der Waals surface area contributed by atoms with Gasteiger partial charge in [0.15, 0.2) is 5.65 Å². The van der Waals surface area contributed by atoms with Crippen LogP contribution in [0, 0.1) is 0 Å². The van der Waals surface area contributed by atoms with E-state index in [2.05, 4.69) is 27.3 Å². The summed E-state index contributed by atoms with van der Waals surface area (Å²) in [6.07, 6.45) is 1.77. The number of fused-ring (bicyclic) bond motifs is 1. The average molecular weight is 285 g/mol. The second-order valence-electron chi connectivity index (χ2n) is 3.58. The number of carbonyl (C=O) groups excluding carboxylic acids is 1. The van der Waals surface area contributed by atoms with Gasteiger partial charge in [-0.1, -0.05) is 12.2 Å². The van der Waals surface area contributed by atoms with E-state index in [0.29, 0.717) is 5.65 Å². The number of thiocarbonyl (C=S) groups is 1. The number of hydrogen-bond donors (Lipinski definition) is 1. The summed E-state index contributed by atoms with van der Waals surface area (Å²) in [5.41, 5.74) is 0.807. The molecule has 0 fully saturated rings. The molecule has 0 amide bonds. The molecule has 2 rings (SSSR count). The standard InChI is InChI=1S/C11H9F2N3O2S/c1-18-11(17)6-4-7(15-10(19)8(12)13)9-14-2-3-16(9)5-6/h2-5,8H,1H3,(H,15,19). The van der Waals surface area contributed by atoms with E-state index in [1.54, 1.807) is 6.20 Å². The zero-order valence-electron chi connectivity index (χ0n) is 9.76. The molecule has 2 heterocycles. The van der Waals surface area contributed by atoms with E-state index in [1.807, 2.05) is 0 Å². The molecule has 100 valence electrons. The van der Waals surface area contributed by atoms with E-state index < -0.39 is 17.4 Å². The van der Waals surface area contributed by atoms with Crippen LogP contribution in [0.15, 0.2) is 24.7 Å². The summed E-state index contributed by atoms with van der Waals surface area (Å²) in [5.74, 6) is -0.582. The smallest absolute Gasteiger partial charge is 0.339 e. The van der Waals surface area contributed by atoms with Crippen LogP contribution in [0.5, 0.6) is 0 Å². The lowest BCUT2D eigenvalue weighted by molar-refractivity contribution is 0.0600. The van der Waals surface area contributed by atoms with Gasteiger partial charge in [-0.15, -0.1) is 0 Å². The largest absolute Gasteiger partial charge is 0.465 e. The molecule has 0 saturated carbocycles. The molecule has 0 aromatic carbocycles. The molecule has 0 saturated heterocycles. The van der Waals surface area contributed by atoms with Crippen molar-refractivity contribution in [1.82, 2.24) is 9.38 Å². The van der Waals surface area contributed by atoms with Crippen molar-refractivity contribution < 1.29 is 18.3 Å². The molecule has 19 heavy (non-hydrogen) atoms. The summed E-state index contributed by atoms with van der Waals surface area (Å²) in [6.45, 7) is 0. The number of hydrogen-bond acceptors (Lipinski definition) is 4. The predicted octanol–water partition coefficient (Wildman–Crippen LogP) is 2.13. The number of imidazole rings is 1. The minimum absolute atomic E-state index is 0.201. The predicted molar refractivity (Wildman–Crippen MR) is 68.8 cm³/mol. The van der Waals surface area contributed by atoms with Gasteiger partial charge in [0.25, 0.3) is 6.43 Å². The fourth-order valence-electron chi connectivity index (χ4n) is 1.54. The van der Waals surface area contributed by atoms with Crippen molar-refractivity contribution in [2.24, 2.45) is 0 Å². The first-order valence-electron chi connectivity index (χ1n) is 5.17. The quantitative estimate of drug-likeness (QED) is 0.691. The molecule has 1 N–H and O–H groups in total. The SMILES string of the molecule is COC(=O)c1cc(NC(=S)C(F)F)c2nccn2c1. The van der Waals surface area contributed by atoms with Gasteiger partial charge in [0.05, 0.1) is 18.4 Å². The number of alkyl halides is 2. The molecule has 0 spiro atoms. The third-order valence-electron chi connectivity index (χ3n) is 2.36. The maximum absolute atomic E-state index is 12.4. The summed E-state index contributed by atoms with van der Waals surface area (Å²) in [5, 5.41) is 2.38. The Labute approximate surface area is 112 Å². The van der Waals surface area contributed by atoms with Crippen LogP contribution in [0.3, 0.4) is 0 Å². The normalized spacial score (nSPS) is 10.7. The Balaban J connectivity index is 2.48. The number of ether oxygens (including phenoxy) is 1. The van der Waals surface area contributed by atoms with Gasteiger partial charge < -0.3 is 14.5 Å². The topological polar surface area (TPSA) is 55.6 Å². The molecule has 8 heteroatoms. The fraction of sp³-hybridized carbons (Fsp3) is 0.182. The van der Waals surface area contributed by atoms with Crippen LogP contribution in [0.25, 0.3) is 5.65 Å². The third kappa shape index (κ3) is 2.68. The molecule has 0 bridgehead atoms. The van der Waals surface area contributed by atoms with Crippen molar-refractivity contribution in [3.63, 3.8) is 0 Å². The van der Waals surface area contributed by atoms with Crippen LogP contribution in [-0.2, 0) is 4.74 Å². The lowest BCUT2D eigenvalue weighted by Gasteiger charge is -2.10. The van der Waals surface area contributed by atoms with Crippen molar-refractivity contribution in [1.29, 1.82) is 0 Å². The first-order valence-corrected chi connectivity index (χ1v) is 5.58. The zero-order valence-corrected chi connectivity index (χ0v) is 10.6. The zero-order chi connectivity index (χ0) is 14.0. The van der Waals surface area contributed by atoms with Crippen molar-refractivity contribution >= 4 is 34.5 Å². The number of esters is 1. The third-order valence-corrected chi connectivity index (χ3v) is 2.64. The van der Waals surface area contributed by atoms with Gasteiger partial charge in [-0.2, -0.15) is 0 Å². The minimum Gasteiger partial charge on any atom is -0.465 e. The number of carbonyl (C=O) groups is 1. The maximum atomic E-state index is 12.4. The first kappa shape index (κ1) is 13.3. The number of nitrogens with zero attached hydrogens (tertiary/aromatic N) is 2. The van der Waals surface area contributed by atoms with Crippen LogP contribution in [0.1, 0.15) is 10.4 Å². The Hall–Kier alpha value is -2.09. The lowest BCUT2D eigenvalue weighted by Crippen LogP contribution is -2.19. The van der Waals surface area contributed by atoms with E-state index in [-0.39, 0.29) is 11.3 Å². The molecule has 5 nitrogen and oxygen atoms in total. The molecular weight excluding hydrogens is 276 g/mol. The number of rotatable bonds is 3. The minimum atomic E-state index is -2.79. The summed E-state index contributed by atoms with van der Waals surface area (Å²) in [4.78, 5) is 14.9. The molecule has 0 aliphatic rings. The van der Waals surface area contributed by atoms with Gasteiger partial charge in [-0.05, 0) is 6.07 Å². The molecule has 0 aliphatic carbocycles. The Morgan fingerprint density at radius 3 is 2.95 bits per heavy atom. The number of pyridine rings is 1. The Morgan fingerprint density at radius 1 is 1.58 bits per heavy atom. The highest BCUT2D eigenvalue weighted by Gasteiger charge is 2.16. The van der Waals surface area contributed by atoms with Crippen molar-refractivity contribution in [2.45, 2.75) is 6.43 Å². The highest BCUT2D eigenvalue weighted by molar-refractivity contribution is 7.80. The molecular formula is C11H9F2N3O2S. The number of halogens is 2. The molecule has 0 atom stereocenters. The van der Waals surface area contributed by atoms with Gasteiger partial charge in [0, 0.05) is 18.6 Å². The molecule has 0 aliphatic heterocycles. The molecule has 2 aromatic heterocycles. The van der Waals surface area contributed by atoms with E-state index in [0.717, 1.165) is 0 Å². The summed E-state index contributed by atoms with van der Waals surface area (Å²) in [7, 11) is 1.23. The van der Waals surface area contributed by atoms with Crippen LogP contribution >= 0.6 is 12.2 Å². The number of nitrogens with one attached hydrogen (secondary N) is 1. The monoisotopic (exact) mass is 285 g/mol. The molecule has 0 radical (unpaired) electrons. The number of methoxy groups -OCH3 is 1. The van der Waals surface area contributed by atoms with Crippen LogP contribution in [0.2, 0.25) is 0 Å². The van der Waals surface area contributed by atoms with E-state index >= 15 is 0 Å². The summed E-state index contributed by atoms with van der Waals surface area (Å²) in [6, 6.07) is 1.36. The van der Waals surface area contributed by atoms with Gasteiger partial charge in [0.1, 0.15) is 4.99 Å². The van der Waals surface area contributed by atoms with Gasteiger partial charge in [-0.25, -0.2) is 18.6 Å². The Kier molecular flexibility index (Phi) is 3.70. The van der Waals surface area contributed by atoms with Crippen molar-refractivity contribution in [3.8, 4) is 0 Å². The van der Waals surface area contributed by atoms with Crippen LogP contribution < -0.4 is 5.32 Å². The summed E-state index contributed by atoms with van der Waals surface area (Å²) >= 11 is 4.52. The highest BCUT2D eigenvalue weighted by Crippen LogP contribution is 2.19. The number of anilines is 1. The van der Waals surface area contributed by atoms with E-state index in [1.165, 1.54) is 30.0 Å². The second-order valence-corrected chi connectivity index (χ2v) is 4.02.